The Morgan fingerprint density at radius 3 is 2.33 bits per heavy atom. The van der Waals surface area contributed by atoms with Crippen LogP contribution in [0, 0.1) is 0 Å². The molecule has 2 N–H and O–H groups in total. The highest BCUT2D eigenvalue weighted by molar-refractivity contribution is 9.10. The number of methoxy groups -OCH3 is 2. The van der Waals surface area contributed by atoms with Crippen molar-refractivity contribution in [3.05, 3.63) is 5.56 Å². The molecule has 3 nitrogen and oxygen atoms in total. The zero-order chi connectivity index (χ0) is 13.1. The van der Waals surface area contributed by atoms with Crippen molar-refractivity contribution in [2.75, 3.05) is 27.0 Å². The minimum absolute atomic E-state index is 0.644. The van der Waals surface area contributed by atoms with Gasteiger partial charge in [-0.1, -0.05) is 0 Å². The second-order valence-electron chi connectivity index (χ2n) is 3.51. The molecule has 2 rings (SSSR count). The van der Waals surface area contributed by atoms with Crippen LogP contribution in [0.2, 0.25) is 0 Å². The first-order chi connectivity index (χ1) is 8.78. The molecular weight excluding hydrogens is 306 g/mol. The first-order valence-electron chi connectivity index (χ1n) is 5.34. The Bertz CT molecular complexity index is 453. The number of rotatable bonds is 5. The van der Waals surface area contributed by atoms with E-state index in [0.717, 1.165) is 22.8 Å². The smallest absolute Gasteiger partial charge is 0.177 e. The minimum atomic E-state index is 0.644. The maximum Gasteiger partial charge on any atom is 0.177 e. The molecule has 1 aliphatic heterocycles. The summed E-state index contributed by atoms with van der Waals surface area (Å²) >= 11 is 1.69. The van der Waals surface area contributed by atoms with Gasteiger partial charge < -0.3 is 15.2 Å². The molecule has 0 aliphatic carbocycles. The van der Waals surface area contributed by atoms with E-state index in [1.165, 1.54) is 15.4 Å². The van der Waals surface area contributed by atoms with E-state index >= 15 is 0 Å². The maximum absolute atomic E-state index is 5.74. The van der Waals surface area contributed by atoms with Crippen LogP contribution in [0.1, 0.15) is 5.56 Å². The number of thioether (sulfide) groups is 1. The fourth-order valence-corrected chi connectivity index (χ4v) is 7.50. The molecule has 1 aromatic rings. The van der Waals surface area contributed by atoms with Gasteiger partial charge in [-0.15, -0.1) is 11.8 Å². The third kappa shape index (κ3) is 2.43. The van der Waals surface area contributed by atoms with Crippen LogP contribution in [0.15, 0.2) is 14.7 Å². The Morgan fingerprint density at radius 2 is 1.78 bits per heavy atom. The molecule has 100 valence electrons. The number of benzene rings is 1. The lowest BCUT2D eigenvalue weighted by molar-refractivity contribution is 0.338. The van der Waals surface area contributed by atoms with Crippen LogP contribution in [0.3, 0.4) is 0 Å². The topological polar surface area (TPSA) is 44.5 Å². The highest BCUT2D eigenvalue weighted by Crippen LogP contribution is 2.63. The van der Waals surface area contributed by atoms with Crippen LogP contribution < -0.4 is 15.2 Å². The van der Waals surface area contributed by atoms with Crippen molar-refractivity contribution in [1.82, 2.24) is 0 Å². The van der Waals surface area contributed by atoms with Gasteiger partial charge in [0, 0.05) is 4.90 Å². The third-order valence-corrected chi connectivity index (χ3v) is 7.53. The summed E-state index contributed by atoms with van der Waals surface area (Å²) in [4.78, 5) is 3.61. The van der Waals surface area contributed by atoms with E-state index in [1.54, 1.807) is 57.4 Å². The summed E-state index contributed by atoms with van der Waals surface area (Å²) in [7, 11) is 8.66. The molecule has 0 bridgehead atoms. The van der Waals surface area contributed by atoms with E-state index in [4.69, 9.17) is 15.2 Å². The Balaban J connectivity index is 2.69. The van der Waals surface area contributed by atoms with Crippen molar-refractivity contribution in [1.29, 1.82) is 0 Å². The average molecular weight is 322 g/mol. The predicted molar refractivity (Wildman–Crippen MR) is 83.4 cm³/mol. The van der Waals surface area contributed by atoms with Gasteiger partial charge in [0.15, 0.2) is 11.5 Å². The van der Waals surface area contributed by atoms with Gasteiger partial charge in [0.25, 0.3) is 0 Å². The highest BCUT2D eigenvalue weighted by atomic mass is 33.5. The van der Waals surface area contributed by atoms with Crippen molar-refractivity contribution in [2.24, 2.45) is 5.73 Å². The molecule has 0 saturated heterocycles. The van der Waals surface area contributed by atoms with Crippen molar-refractivity contribution in [3.8, 4) is 11.5 Å². The lowest BCUT2D eigenvalue weighted by atomic mass is 10.1. The second kappa shape index (κ2) is 6.56. The third-order valence-electron chi connectivity index (χ3n) is 2.61. The number of nitrogens with two attached hydrogens (primary N) is 1. The van der Waals surface area contributed by atoms with Crippen molar-refractivity contribution >= 4 is 43.2 Å². The molecule has 0 fully saturated rings. The van der Waals surface area contributed by atoms with Crippen molar-refractivity contribution in [2.45, 2.75) is 21.1 Å². The largest absolute Gasteiger partial charge is 0.492 e. The van der Waals surface area contributed by atoms with Crippen molar-refractivity contribution in [3.63, 3.8) is 0 Å². The summed E-state index contributed by atoms with van der Waals surface area (Å²) in [6, 6.07) is 0. The molecule has 0 atom stereocenters. The van der Waals surface area contributed by atoms with Gasteiger partial charge in [-0.2, -0.15) is 0 Å². The number of ether oxygens (including phenoxy) is 2. The zero-order valence-electron chi connectivity index (χ0n) is 10.4. The quantitative estimate of drug-likeness (QED) is 0.655. The lowest BCUT2D eigenvalue weighted by Gasteiger charge is -2.19. The van der Waals surface area contributed by atoms with Gasteiger partial charge in [0.2, 0.25) is 0 Å². The monoisotopic (exact) mass is 321 g/mol. The highest BCUT2D eigenvalue weighted by Gasteiger charge is 2.29. The standard InChI is InChI=1S/C11H15NO2S4/c1-13-7-8(14-2)11-10(16-18-17-11)6(4-5-12)9(7)15-3/h4-5,12H2,1-3H3. The summed E-state index contributed by atoms with van der Waals surface area (Å²) in [5, 5.41) is 0. The van der Waals surface area contributed by atoms with E-state index < -0.39 is 0 Å². The zero-order valence-corrected chi connectivity index (χ0v) is 13.7. The van der Waals surface area contributed by atoms with E-state index in [0.29, 0.717) is 6.54 Å². The maximum atomic E-state index is 5.74. The van der Waals surface area contributed by atoms with Crippen LogP contribution in [0.5, 0.6) is 11.5 Å². The Morgan fingerprint density at radius 1 is 1.11 bits per heavy atom. The van der Waals surface area contributed by atoms with Crippen LogP contribution in [-0.2, 0) is 6.42 Å². The molecule has 1 aliphatic rings. The van der Waals surface area contributed by atoms with Crippen LogP contribution in [-0.4, -0.2) is 27.0 Å². The molecule has 18 heavy (non-hydrogen) atoms. The van der Waals surface area contributed by atoms with Gasteiger partial charge >= 0.3 is 0 Å². The predicted octanol–water partition coefficient (Wildman–Crippen LogP) is 3.69. The Labute approximate surface area is 123 Å². The number of hydrogen-bond donors (Lipinski definition) is 1. The van der Waals surface area contributed by atoms with E-state index in [9.17, 15) is 0 Å². The molecule has 1 aromatic carbocycles. The van der Waals surface area contributed by atoms with E-state index in [2.05, 4.69) is 6.26 Å². The molecule has 1 heterocycles. The fraction of sp³-hybridized carbons (Fsp3) is 0.455. The second-order valence-corrected chi connectivity index (χ2v) is 8.25. The van der Waals surface area contributed by atoms with Crippen molar-refractivity contribution < 1.29 is 9.47 Å². The first kappa shape index (κ1) is 14.6. The minimum Gasteiger partial charge on any atom is -0.492 e. The normalized spacial score (nSPS) is 13.6. The lowest BCUT2D eigenvalue weighted by Crippen LogP contribution is -2.07. The van der Waals surface area contributed by atoms with E-state index in [1.807, 2.05) is 0 Å². The Hall–Kier alpha value is 0.180. The van der Waals surface area contributed by atoms with Crippen LogP contribution in [0.4, 0.5) is 0 Å². The molecular formula is C11H15NO2S4. The summed E-state index contributed by atoms with van der Waals surface area (Å²) in [5.41, 5.74) is 7.03. The first-order valence-corrected chi connectivity index (χ1v) is 10.0. The fourth-order valence-electron chi connectivity index (χ4n) is 1.89. The Kier molecular flexibility index (Phi) is 5.32. The number of hydrogen-bond acceptors (Lipinski definition) is 7. The van der Waals surface area contributed by atoms with Gasteiger partial charge in [0.05, 0.1) is 24.0 Å². The van der Waals surface area contributed by atoms with Crippen LogP contribution >= 0.6 is 43.2 Å². The molecule has 0 saturated carbocycles. The molecule has 7 heteroatoms. The molecule has 0 radical (unpaired) electrons. The molecule has 0 spiro atoms. The van der Waals surface area contributed by atoms with Gasteiger partial charge in [-0.25, -0.2) is 0 Å². The van der Waals surface area contributed by atoms with Crippen LogP contribution in [0.25, 0.3) is 0 Å². The van der Waals surface area contributed by atoms with Gasteiger partial charge in [-0.05, 0) is 56.2 Å². The molecule has 0 aromatic heterocycles. The van der Waals surface area contributed by atoms with E-state index in [-0.39, 0.29) is 0 Å². The molecule has 0 amide bonds. The summed E-state index contributed by atoms with van der Waals surface area (Å²) in [6.45, 7) is 0.644. The number of fused-ring (bicyclic) bond motifs is 1. The average Bonchev–Trinajstić information content (AvgIpc) is 2.87. The summed E-state index contributed by atoms with van der Waals surface area (Å²) in [6.07, 6.45) is 2.93. The van der Waals surface area contributed by atoms with Gasteiger partial charge in [-0.3, -0.25) is 0 Å². The van der Waals surface area contributed by atoms with Gasteiger partial charge in [0.1, 0.15) is 0 Å². The SMILES string of the molecule is COc1c(OC)c2c(c(CCN)c1SC)SSS2. The summed E-state index contributed by atoms with van der Waals surface area (Å²) < 4.78 is 11.1. The summed E-state index contributed by atoms with van der Waals surface area (Å²) in [5.74, 6) is 1.68. The molecule has 0 unspecified atom stereocenters.